The van der Waals surface area contributed by atoms with Crippen LogP contribution in [0, 0.1) is 0 Å². The number of carbonyl (C=O) groups is 1. The Morgan fingerprint density at radius 3 is 1.05 bits per heavy atom. The number of allylic oxidation sites excluding steroid dienone is 2. The largest absolute Gasteiger partial charge is 0.394 e. The van der Waals surface area contributed by atoms with Crippen molar-refractivity contribution in [2.24, 2.45) is 0 Å². The number of aliphatic hydroxyl groups excluding tert-OH is 4. The highest BCUT2D eigenvalue weighted by atomic mass is 16.3. The van der Waals surface area contributed by atoms with E-state index in [1.807, 2.05) is 0 Å². The van der Waals surface area contributed by atoms with Crippen LogP contribution in [-0.4, -0.2) is 57.3 Å². The Balaban J connectivity index is 3.68. The van der Waals surface area contributed by atoms with E-state index in [2.05, 4.69) is 31.3 Å². The lowest BCUT2D eigenvalue weighted by molar-refractivity contribution is -0.132. The summed E-state index contributed by atoms with van der Waals surface area (Å²) in [5.74, 6) is -0.588. The molecular weight excluding hydrogens is 707 g/mol. The van der Waals surface area contributed by atoms with Gasteiger partial charge in [-0.05, 0) is 38.5 Å². The van der Waals surface area contributed by atoms with E-state index >= 15 is 0 Å². The van der Waals surface area contributed by atoms with Crippen molar-refractivity contribution in [2.75, 3.05) is 6.61 Å². The number of carbonyl (C=O) groups excluding carboxylic acids is 1. The Kier molecular flexibility index (Phi) is 45.4. The highest BCUT2D eigenvalue weighted by molar-refractivity contribution is 5.80. The molecule has 1 amide bonds. The topological polar surface area (TPSA) is 110 Å². The molecule has 0 saturated heterocycles. The van der Waals surface area contributed by atoms with Gasteiger partial charge >= 0.3 is 0 Å². The average molecular weight is 808 g/mol. The third-order valence-electron chi connectivity index (χ3n) is 12.2. The van der Waals surface area contributed by atoms with E-state index in [1.54, 1.807) is 0 Å². The highest BCUT2D eigenvalue weighted by Crippen LogP contribution is 2.17. The molecule has 4 atom stereocenters. The van der Waals surface area contributed by atoms with E-state index in [0.29, 0.717) is 12.8 Å². The summed E-state index contributed by atoms with van der Waals surface area (Å²) in [6.45, 7) is 4.07. The summed E-state index contributed by atoms with van der Waals surface area (Å²) in [6.07, 6.45) is 52.6. The number of hydrogen-bond acceptors (Lipinski definition) is 5. The molecule has 57 heavy (non-hydrogen) atoms. The van der Waals surface area contributed by atoms with Crippen LogP contribution < -0.4 is 5.32 Å². The average Bonchev–Trinajstić information content (AvgIpc) is 3.22. The molecule has 0 aromatic rings. The second-order valence-electron chi connectivity index (χ2n) is 17.9. The number of amides is 1. The molecule has 4 unspecified atom stereocenters. The lowest BCUT2D eigenvalue weighted by atomic mass is 10.00. The summed E-state index contributed by atoms with van der Waals surface area (Å²) in [5, 5.41) is 43.8. The normalized spacial score (nSPS) is 14.0. The number of rotatable bonds is 47. The molecule has 0 saturated carbocycles. The summed E-state index contributed by atoms with van der Waals surface area (Å²) < 4.78 is 0. The maximum absolute atomic E-state index is 12.6. The van der Waals surface area contributed by atoms with Gasteiger partial charge < -0.3 is 25.7 Å². The van der Waals surface area contributed by atoms with Crippen molar-refractivity contribution < 1.29 is 25.2 Å². The Morgan fingerprint density at radius 1 is 0.421 bits per heavy atom. The van der Waals surface area contributed by atoms with Crippen LogP contribution in [0.15, 0.2) is 12.2 Å². The molecule has 0 bridgehead atoms. The zero-order valence-electron chi connectivity index (χ0n) is 38.4. The quantitative estimate of drug-likeness (QED) is 0.0311. The number of hydrogen-bond donors (Lipinski definition) is 5. The highest BCUT2D eigenvalue weighted by Gasteiger charge is 2.28. The van der Waals surface area contributed by atoms with Gasteiger partial charge in [-0.3, -0.25) is 4.79 Å². The van der Waals surface area contributed by atoms with E-state index < -0.39 is 36.9 Å². The van der Waals surface area contributed by atoms with Crippen molar-refractivity contribution in [3.05, 3.63) is 12.2 Å². The lowest BCUT2D eigenvalue weighted by Gasteiger charge is -2.27. The van der Waals surface area contributed by atoms with Gasteiger partial charge in [-0.15, -0.1) is 0 Å². The fourth-order valence-electron chi connectivity index (χ4n) is 8.17. The first-order valence-electron chi connectivity index (χ1n) is 25.6. The zero-order chi connectivity index (χ0) is 41.7. The van der Waals surface area contributed by atoms with Gasteiger partial charge in [-0.2, -0.15) is 0 Å². The minimum atomic E-state index is -1.28. The van der Waals surface area contributed by atoms with Crippen LogP contribution in [0.3, 0.4) is 0 Å². The van der Waals surface area contributed by atoms with Crippen LogP contribution in [-0.2, 0) is 4.79 Å². The Hall–Kier alpha value is -0.950. The molecular formula is C51H101NO5. The molecule has 0 rings (SSSR count). The second kappa shape index (κ2) is 46.1. The van der Waals surface area contributed by atoms with Gasteiger partial charge in [0.2, 0.25) is 5.91 Å². The predicted octanol–water partition coefficient (Wildman–Crippen LogP) is 14.1. The third-order valence-corrected chi connectivity index (χ3v) is 12.2. The summed E-state index contributed by atoms with van der Waals surface area (Å²) >= 11 is 0. The van der Waals surface area contributed by atoms with E-state index in [-0.39, 0.29) is 0 Å². The van der Waals surface area contributed by atoms with Crippen LogP contribution in [0.25, 0.3) is 0 Å². The van der Waals surface area contributed by atoms with E-state index in [0.717, 1.165) is 38.5 Å². The van der Waals surface area contributed by atoms with Gasteiger partial charge in [-0.1, -0.05) is 251 Å². The molecule has 0 radical (unpaired) electrons. The van der Waals surface area contributed by atoms with Crippen molar-refractivity contribution in [2.45, 2.75) is 301 Å². The smallest absolute Gasteiger partial charge is 0.249 e. The number of nitrogens with one attached hydrogen (secondary N) is 1. The number of unbranched alkanes of at least 4 members (excludes halogenated alkanes) is 36. The van der Waals surface area contributed by atoms with Crippen LogP contribution in [0.4, 0.5) is 0 Å². The first-order valence-corrected chi connectivity index (χ1v) is 25.6. The standard InChI is InChI=1S/C51H101NO5/c1-3-5-7-9-11-13-15-17-19-21-23-25-27-29-31-33-35-37-39-41-43-45-49(55)51(57)52-47(46-53)50(56)48(54)44-42-40-38-36-34-32-30-28-26-24-22-20-18-16-14-12-10-8-6-4-2/h36,38,47-50,53-56H,3-35,37,39-46H2,1-2H3,(H,52,57)/b38-36+. The van der Waals surface area contributed by atoms with Gasteiger partial charge in [0.05, 0.1) is 18.8 Å². The maximum atomic E-state index is 12.6. The molecule has 5 N–H and O–H groups in total. The third kappa shape index (κ3) is 40.2. The van der Waals surface area contributed by atoms with E-state index in [9.17, 15) is 25.2 Å². The van der Waals surface area contributed by atoms with Gasteiger partial charge in [-0.25, -0.2) is 0 Å². The molecule has 0 aromatic heterocycles. The minimum Gasteiger partial charge on any atom is -0.394 e. The van der Waals surface area contributed by atoms with E-state index in [4.69, 9.17) is 0 Å². The number of aliphatic hydroxyl groups is 4. The van der Waals surface area contributed by atoms with Gasteiger partial charge in [0.25, 0.3) is 0 Å². The van der Waals surface area contributed by atoms with Crippen LogP contribution >= 0.6 is 0 Å². The molecule has 0 aliphatic rings. The lowest BCUT2D eigenvalue weighted by Crippen LogP contribution is -2.53. The summed E-state index contributed by atoms with van der Waals surface area (Å²) in [4.78, 5) is 12.6. The van der Waals surface area contributed by atoms with Gasteiger partial charge in [0, 0.05) is 0 Å². The SMILES string of the molecule is CCCCCCCCCCCCCCCCC/C=C/CCCC(O)C(O)C(CO)NC(=O)C(O)CCCCCCCCCCCCCCCCCCCCCCC. The Labute approximate surface area is 355 Å². The molecule has 6 nitrogen and oxygen atoms in total. The van der Waals surface area contributed by atoms with Crippen molar-refractivity contribution in [1.82, 2.24) is 5.32 Å². The minimum absolute atomic E-state index is 0.368. The van der Waals surface area contributed by atoms with Gasteiger partial charge in [0.1, 0.15) is 12.2 Å². The van der Waals surface area contributed by atoms with Crippen LogP contribution in [0.2, 0.25) is 0 Å². The zero-order valence-corrected chi connectivity index (χ0v) is 38.4. The molecule has 6 heteroatoms. The van der Waals surface area contributed by atoms with Crippen molar-refractivity contribution in [3.8, 4) is 0 Å². The van der Waals surface area contributed by atoms with E-state index in [1.165, 1.54) is 212 Å². The van der Waals surface area contributed by atoms with Crippen molar-refractivity contribution in [3.63, 3.8) is 0 Å². The molecule has 0 aromatic carbocycles. The molecule has 0 spiro atoms. The Morgan fingerprint density at radius 2 is 0.719 bits per heavy atom. The molecule has 0 aliphatic carbocycles. The molecule has 0 fully saturated rings. The maximum Gasteiger partial charge on any atom is 0.249 e. The van der Waals surface area contributed by atoms with Crippen LogP contribution in [0.1, 0.15) is 277 Å². The fraction of sp³-hybridized carbons (Fsp3) is 0.941. The Bertz CT molecular complexity index is 821. The first-order chi connectivity index (χ1) is 28.0. The molecule has 340 valence electrons. The van der Waals surface area contributed by atoms with Gasteiger partial charge in [0.15, 0.2) is 0 Å². The summed E-state index contributed by atoms with van der Waals surface area (Å²) in [6, 6.07) is -0.998. The van der Waals surface area contributed by atoms with Crippen molar-refractivity contribution in [1.29, 1.82) is 0 Å². The monoisotopic (exact) mass is 808 g/mol. The predicted molar refractivity (Wildman–Crippen MR) is 247 cm³/mol. The summed E-state index contributed by atoms with van der Waals surface area (Å²) in [7, 11) is 0. The molecule has 0 heterocycles. The van der Waals surface area contributed by atoms with Crippen LogP contribution in [0.5, 0.6) is 0 Å². The second-order valence-corrected chi connectivity index (χ2v) is 17.9. The van der Waals surface area contributed by atoms with Crippen molar-refractivity contribution >= 4 is 5.91 Å². The fourth-order valence-corrected chi connectivity index (χ4v) is 8.17. The molecule has 0 aliphatic heterocycles. The first kappa shape index (κ1) is 56.0. The summed E-state index contributed by atoms with van der Waals surface area (Å²) in [5.41, 5.74) is 0.